The number of benzene rings is 1. The second-order valence-electron chi connectivity index (χ2n) is 6.21. The van der Waals surface area contributed by atoms with Crippen LogP contribution in [0.1, 0.15) is 28.9 Å². The van der Waals surface area contributed by atoms with Gasteiger partial charge in [0.25, 0.3) is 5.91 Å². The minimum atomic E-state index is -0.0828. The number of aromatic amines is 1. The first-order chi connectivity index (χ1) is 12.2. The Morgan fingerprint density at radius 1 is 1.24 bits per heavy atom. The first kappa shape index (κ1) is 15.4. The van der Waals surface area contributed by atoms with Crippen molar-refractivity contribution in [3.05, 3.63) is 66.1 Å². The highest BCUT2D eigenvalue weighted by Gasteiger charge is 2.34. The predicted octanol–water partition coefficient (Wildman–Crippen LogP) is 2.98. The van der Waals surface area contributed by atoms with Crippen molar-refractivity contribution >= 4 is 5.91 Å². The molecule has 6 nitrogen and oxygen atoms in total. The quantitative estimate of drug-likeness (QED) is 0.751. The van der Waals surface area contributed by atoms with Crippen molar-refractivity contribution in [2.45, 2.75) is 25.4 Å². The van der Waals surface area contributed by atoms with Crippen molar-refractivity contribution in [2.24, 2.45) is 0 Å². The number of rotatable bonds is 5. The van der Waals surface area contributed by atoms with Gasteiger partial charge in [0.05, 0.1) is 5.69 Å². The maximum absolute atomic E-state index is 12.9. The van der Waals surface area contributed by atoms with Gasteiger partial charge in [0.2, 0.25) is 0 Å². The van der Waals surface area contributed by atoms with Crippen molar-refractivity contribution in [3.8, 4) is 17.0 Å². The minimum Gasteiger partial charge on any atom is -0.507 e. The van der Waals surface area contributed by atoms with Crippen LogP contribution in [0.15, 0.2) is 54.9 Å². The standard InChI is InChI=1S/C19H18N4O2/c24-18-6-2-1-5-15(18)16-10-17(22-21-16)19(25)23(14-7-8-14)12-13-4-3-9-20-11-13/h1-6,9-11,14,24H,7-8,12H2,(H,21,22). The molecule has 1 aromatic carbocycles. The van der Waals surface area contributed by atoms with Crippen molar-refractivity contribution in [1.29, 1.82) is 0 Å². The Balaban J connectivity index is 1.58. The molecular weight excluding hydrogens is 316 g/mol. The van der Waals surface area contributed by atoms with E-state index in [1.165, 1.54) is 0 Å². The highest BCUT2D eigenvalue weighted by Crippen LogP contribution is 2.31. The Kier molecular flexibility index (Phi) is 3.93. The van der Waals surface area contributed by atoms with E-state index < -0.39 is 0 Å². The number of phenolic OH excluding ortho intramolecular Hbond substituents is 1. The summed E-state index contributed by atoms with van der Waals surface area (Å²) in [6.07, 6.45) is 5.54. The molecular formula is C19H18N4O2. The molecule has 2 heterocycles. The Morgan fingerprint density at radius 3 is 2.80 bits per heavy atom. The summed E-state index contributed by atoms with van der Waals surface area (Å²) in [6, 6.07) is 12.7. The monoisotopic (exact) mass is 334 g/mol. The molecule has 2 N–H and O–H groups in total. The molecule has 0 bridgehead atoms. The smallest absolute Gasteiger partial charge is 0.272 e. The van der Waals surface area contributed by atoms with E-state index in [4.69, 9.17) is 0 Å². The van der Waals surface area contributed by atoms with E-state index >= 15 is 0 Å². The molecule has 1 amide bonds. The number of hydrogen-bond donors (Lipinski definition) is 2. The Hall–Kier alpha value is -3.15. The lowest BCUT2D eigenvalue weighted by Gasteiger charge is -2.21. The molecule has 126 valence electrons. The maximum atomic E-state index is 12.9. The predicted molar refractivity (Wildman–Crippen MR) is 92.8 cm³/mol. The summed E-state index contributed by atoms with van der Waals surface area (Å²) in [5, 5.41) is 17.0. The van der Waals surface area contributed by atoms with Gasteiger partial charge in [-0.2, -0.15) is 5.10 Å². The Bertz CT molecular complexity index is 887. The second kappa shape index (κ2) is 6.39. The van der Waals surface area contributed by atoms with Crippen LogP contribution in [0.4, 0.5) is 0 Å². The van der Waals surface area contributed by atoms with E-state index in [9.17, 15) is 9.90 Å². The number of amides is 1. The average Bonchev–Trinajstić information content (AvgIpc) is 3.37. The van der Waals surface area contributed by atoms with Crippen LogP contribution in [-0.2, 0) is 6.54 Å². The zero-order chi connectivity index (χ0) is 17.2. The van der Waals surface area contributed by atoms with Crippen LogP contribution in [-0.4, -0.2) is 37.1 Å². The number of phenols is 1. The lowest BCUT2D eigenvalue weighted by atomic mass is 10.1. The molecule has 1 fully saturated rings. The van der Waals surface area contributed by atoms with Gasteiger partial charge < -0.3 is 10.0 Å². The van der Waals surface area contributed by atoms with Crippen LogP contribution in [0.5, 0.6) is 5.75 Å². The van der Waals surface area contributed by atoms with Gasteiger partial charge in [-0.05, 0) is 42.7 Å². The van der Waals surface area contributed by atoms with E-state index in [-0.39, 0.29) is 17.7 Å². The molecule has 25 heavy (non-hydrogen) atoms. The van der Waals surface area contributed by atoms with E-state index in [2.05, 4.69) is 15.2 Å². The molecule has 1 aliphatic carbocycles. The van der Waals surface area contributed by atoms with Crippen molar-refractivity contribution in [1.82, 2.24) is 20.1 Å². The second-order valence-corrected chi connectivity index (χ2v) is 6.21. The lowest BCUT2D eigenvalue weighted by molar-refractivity contribution is 0.0723. The minimum absolute atomic E-state index is 0.0828. The number of carbonyl (C=O) groups is 1. The molecule has 2 aromatic heterocycles. The summed E-state index contributed by atoms with van der Waals surface area (Å²) in [4.78, 5) is 18.9. The number of pyridine rings is 1. The van der Waals surface area contributed by atoms with Gasteiger partial charge in [0, 0.05) is 30.5 Å². The molecule has 0 unspecified atom stereocenters. The third-order valence-electron chi connectivity index (χ3n) is 4.31. The van der Waals surface area contributed by atoms with Gasteiger partial charge >= 0.3 is 0 Å². The van der Waals surface area contributed by atoms with E-state index in [0.717, 1.165) is 18.4 Å². The van der Waals surface area contributed by atoms with E-state index in [0.29, 0.717) is 23.5 Å². The zero-order valence-electron chi connectivity index (χ0n) is 13.6. The maximum Gasteiger partial charge on any atom is 0.272 e. The molecule has 0 spiro atoms. The molecule has 0 radical (unpaired) electrons. The fourth-order valence-electron chi connectivity index (χ4n) is 2.86. The molecule has 1 aliphatic rings. The van der Waals surface area contributed by atoms with Gasteiger partial charge in [-0.15, -0.1) is 0 Å². The number of nitrogens with zero attached hydrogens (tertiary/aromatic N) is 3. The SMILES string of the molecule is O=C(c1cc(-c2ccccc2O)n[nH]1)N(Cc1cccnc1)C1CC1. The van der Waals surface area contributed by atoms with E-state index in [1.54, 1.807) is 36.7 Å². The summed E-state index contributed by atoms with van der Waals surface area (Å²) in [5.74, 6) is 0.0583. The number of aromatic hydroxyl groups is 1. The van der Waals surface area contributed by atoms with Gasteiger partial charge in [-0.25, -0.2) is 0 Å². The third kappa shape index (κ3) is 3.24. The number of aromatic nitrogens is 3. The molecule has 0 saturated heterocycles. The number of nitrogens with one attached hydrogen (secondary N) is 1. The van der Waals surface area contributed by atoms with Gasteiger partial charge in [0.15, 0.2) is 0 Å². The molecule has 3 aromatic rings. The number of H-pyrrole nitrogens is 1. The highest BCUT2D eigenvalue weighted by atomic mass is 16.3. The van der Waals surface area contributed by atoms with Crippen LogP contribution < -0.4 is 0 Å². The van der Waals surface area contributed by atoms with E-state index in [1.807, 2.05) is 23.1 Å². The lowest BCUT2D eigenvalue weighted by Crippen LogP contribution is -2.32. The number of hydrogen-bond acceptors (Lipinski definition) is 4. The average molecular weight is 334 g/mol. The number of carbonyl (C=O) groups excluding carboxylic acids is 1. The van der Waals surface area contributed by atoms with Gasteiger partial charge in [0.1, 0.15) is 11.4 Å². The summed E-state index contributed by atoms with van der Waals surface area (Å²) in [5.41, 5.74) is 2.58. The topological polar surface area (TPSA) is 82.1 Å². The zero-order valence-corrected chi connectivity index (χ0v) is 13.6. The summed E-state index contributed by atoms with van der Waals surface area (Å²) in [7, 11) is 0. The molecule has 0 atom stereocenters. The fourth-order valence-corrected chi connectivity index (χ4v) is 2.86. The first-order valence-electron chi connectivity index (χ1n) is 8.26. The summed E-state index contributed by atoms with van der Waals surface area (Å²) >= 11 is 0. The van der Waals surface area contributed by atoms with Crippen LogP contribution in [0, 0.1) is 0 Å². The van der Waals surface area contributed by atoms with Crippen LogP contribution in [0.3, 0.4) is 0 Å². The Morgan fingerprint density at radius 2 is 2.08 bits per heavy atom. The highest BCUT2D eigenvalue weighted by molar-refractivity contribution is 5.94. The third-order valence-corrected chi connectivity index (χ3v) is 4.31. The summed E-state index contributed by atoms with van der Waals surface area (Å²) in [6.45, 7) is 0.530. The number of para-hydroxylation sites is 1. The van der Waals surface area contributed by atoms with Crippen LogP contribution in [0.2, 0.25) is 0 Å². The Labute approximate surface area is 145 Å². The first-order valence-corrected chi connectivity index (χ1v) is 8.26. The molecule has 4 rings (SSSR count). The largest absolute Gasteiger partial charge is 0.507 e. The van der Waals surface area contributed by atoms with Crippen molar-refractivity contribution < 1.29 is 9.90 Å². The van der Waals surface area contributed by atoms with Gasteiger partial charge in [-0.1, -0.05) is 18.2 Å². The van der Waals surface area contributed by atoms with Crippen LogP contribution in [0.25, 0.3) is 11.3 Å². The fraction of sp³-hybridized carbons (Fsp3) is 0.211. The molecule has 0 aliphatic heterocycles. The normalized spacial score (nSPS) is 13.6. The van der Waals surface area contributed by atoms with Crippen molar-refractivity contribution in [3.63, 3.8) is 0 Å². The molecule has 6 heteroatoms. The van der Waals surface area contributed by atoms with Crippen molar-refractivity contribution in [2.75, 3.05) is 0 Å². The summed E-state index contributed by atoms with van der Waals surface area (Å²) < 4.78 is 0. The van der Waals surface area contributed by atoms with Crippen LogP contribution >= 0.6 is 0 Å². The van der Waals surface area contributed by atoms with Gasteiger partial charge in [-0.3, -0.25) is 14.9 Å². The molecule has 1 saturated carbocycles.